The number of nitrogens with zero attached hydrogens (tertiary/aromatic N) is 2. The molecule has 0 saturated carbocycles. The summed E-state index contributed by atoms with van der Waals surface area (Å²) >= 11 is 0. The van der Waals surface area contributed by atoms with Crippen molar-refractivity contribution in [2.45, 2.75) is 52.1 Å². The van der Waals surface area contributed by atoms with E-state index in [4.69, 9.17) is 0 Å². The second-order valence-corrected chi connectivity index (χ2v) is 8.04. The summed E-state index contributed by atoms with van der Waals surface area (Å²) in [6, 6.07) is 7.96. The van der Waals surface area contributed by atoms with Crippen LogP contribution in [0.1, 0.15) is 50.3 Å². The summed E-state index contributed by atoms with van der Waals surface area (Å²) < 4.78 is 0. The van der Waals surface area contributed by atoms with Crippen molar-refractivity contribution in [3.05, 3.63) is 35.4 Å². The van der Waals surface area contributed by atoms with Gasteiger partial charge in [-0.3, -0.25) is 14.5 Å². The van der Waals surface area contributed by atoms with Gasteiger partial charge in [0.2, 0.25) is 11.8 Å². The fourth-order valence-electron chi connectivity index (χ4n) is 3.46. The molecule has 2 amide bonds. The number of likely N-dealkylation sites (tertiary alicyclic amines) is 1. The molecule has 5 nitrogen and oxygen atoms in total. The fourth-order valence-corrected chi connectivity index (χ4v) is 3.46. The van der Waals surface area contributed by atoms with Crippen LogP contribution in [-0.2, 0) is 9.59 Å². The first-order valence-electron chi connectivity index (χ1n) is 9.59. The van der Waals surface area contributed by atoms with E-state index in [1.54, 1.807) is 0 Å². The Morgan fingerprint density at radius 3 is 2.23 bits per heavy atom. The van der Waals surface area contributed by atoms with E-state index >= 15 is 0 Å². The summed E-state index contributed by atoms with van der Waals surface area (Å²) in [6.45, 7) is 7.64. The molecule has 5 heteroatoms. The summed E-state index contributed by atoms with van der Waals surface area (Å²) in [7, 11) is 3.86. The Hall–Kier alpha value is -1.88. The Balaban J connectivity index is 1.92. The van der Waals surface area contributed by atoms with Gasteiger partial charge in [0, 0.05) is 25.6 Å². The minimum absolute atomic E-state index is 0.0332. The lowest BCUT2D eigenvalue weighted by Gasteiger charge is -2.34. The zero-order valence-corrected chi connectivity index (χ0v) is 16.8. The van der Waals surface area contributed by atoms with Crippen molar-refractivity contribution in [3.8, 4) is 0 Å². The highest BCUT2D eigenvalue weighted by atomic mass is 16.2. The van der Waals surface area contributed by atoms with Crippen LogP contribution in [-0.4, -0.2) is 54.8 Å². The summed E-state index contributed by atoms with van der Waals surface area (Å²) in [4.78, 5) is 28.9. The third-order valence-electron chi connectivity index (χ3n) is 4.93. The smallest absolute Gasteiger partial charge is 0.242 e. The van der Waals surface area contributed by atoms with Gasteiger partial charge >= 0.3 is 0 Å². The summed E-state index contributed by atoms with van der Waals surface area (Å²) in [5.74, 6) is 0.650. The number of rotatable bonds is 6. The molecule has 0 aliphatic carbocycles. The van der Waals surface area contributed by atoms with Gasteiger partial charge in [0.05, 0.1) is 0 Å². The molecule has 2 rings (SSSR count). The van der Waals surface area contributed by atoms with Crippen molar-refractivity contribution >= 4 is 11.8 Å². The van der Waals surface area contributed by atoms with E-state index in [0.29, 0.717) is 12.3 Å². The topological polar surface area (TPSA) is 52.7 Å². The van der Waals surface area contributed by atoms with Gasteiger partial charge in [0.1, 0.15) is 6.04 Å². The van der Waals surface area contributed by atoms with Gasteiger partial charge in [-0.2, -0.15) is 0 Å². The van der Waals surface area contributed by atoms with Crippen LogP contribution in [0.2, 0.25) is 0 Å². The molecular weight excluding hydrogens is 326 g/mol. The number of benzene rings is 1. The minimum Gasteiger partial charge on any atom is -0.352 e. The second kappa shape index (κ2) is 9.17. The number of carbonyl (C=O) groups is 2. The fraction of sp³-hybridized carbons (Fsp3) is 0.619. The molecule has 0 unspecified atom stereocenters. The van der Waals surface area contributed by atoms with Crippen LogP contribution in [0.15, 0.2) is 24.3 Å². The highest BCUT2D eigenvalue weighted by Gasteiger charge is 2.28. The molecule has 1 aliphatic heterocycles. The van der Waals surface area contributed by atoms with Crippen LogP contribution in [0, 0.1) is 12.8 Å². The highest BCUT2D eigenvalue weighted by Crippen LogP contribution is 2.21. The Labute approximate surface area is 157 Å². The molecule has 0 spiro atoms. The van der Waals surface area contributed by atoms with Crippen LogP contribution in [0.5, 0.6) is 0 Å². The number of amides is 2. The molecule has 144 valence electrons. The van der Waals surface area contributed by atoms with E-state index in [0.717, 1.165) is 31.5 Å². The lowest BCUT2D eigenvalue weighted by Crippen LogP contribution is -2.49. The van der Waals surface area contributed by atoms with Crippen molar-refractivity contribution < 1.29 is 9.59 Å². The standard InChI is InChI=1S/C21H33N3O2/c1-15(2)14-19(25)24-12-10-18(11-13-24)22-21(26)20(23(4)5)17-8-6-16(3)7-9-17/h6-9,15,18,20H,10-14H2,1-5H3,(H,22,26)/t20-/m0/s1. The average molecular weight is 360 g/mol. The van der Waals surface area contributed by atoms with Gasteiger partial charge < -0.3 is 10.2 Å². The van der Waals surface area contributed by atoms with E-state index in [1.807, 2.05) is 55.1 Å². The number of hydrogen-bond acceptors (Lipinski definition) is 3. The molecule has 26 heavy (non-hydrogen) atoms. The third kappa shape index (κ3) is 5.56. The molecule has 0 radical (unpaired) electrons. The first-order chi connectivity index (χ1) is 12.3. The van der Waals surface area contributed by atoms with Crippen molar-refractivity contribution in [1.82, 2.24) is 15.1 Å². The molecule has 0 bridgehead atoms. The molecule has 1 fully saturated rings. The maximum Gasteiger partial charge on any atom is 0.242 e. The van der Waals surface area contributed by atoms with Gasteiger partial charge in [-0.05, 0) is 45.3 Å². The largest absolute Gasteiger partial charge is 0.352 e. The lowest BCUT2D eigenvalue weighted by atomic mass is 10.0. The summed E-state index contributed by atoms with van der Waals surface area (Å²) in [6.07, 6.45) is 2.25. The first kappa shape index (κ1) is 20.4. The predicted octanol–water partition coefficient (Wildman–Crippen LogP) is 2.75. The number of hydrogen-bond donors (Lipinski definition) is 1. The van der Waals surface area contributed by atoms with E-state index in [1.165, 1.54) is 5.56 Å². The van der Waals surface area contributed by atoms with Crippen LogP contribution in [0.4, 0.5) is 0 Å². The Kier molecular flexibility index (Phi) is 7.21. The Bertz CT molecular complexity index is 602. The Morgan fingerprint density at radius 1 is 1.15 bits per heavy atom. The summed E-state index contributed by atoms with van der Waals surface area (Å²) in [5.41, 5.74) is 2.19. The van der Waals surface area contributed by atoms with Crippen molar-refractivity contribution in [2.24, 2.45) is 5.92 Å². The maximum atomic E-state index is 12.9. The SMILES string of the molecule is Cc1ccc([C@@H](C(=O)NC2CCN(C(=O)CC(C)C)CC2)N(C)C)cc1. The normalized spacial score (nSPS) is 16.8. The maximum absolute atomic E-state index is 12.9. The lowest BCUT2D eigenvalue weighted by molar-refractivity contribution is -0.133. The molecule has 1 N–H and O–H groups in total. The molecular formula is C21H33N3O2. The average Bonchev–Trinajstić information content (AvgIpc) is 2.56. The van der Waals surface area contributed by atoms with Gasteiger partial charge in [-0.1, -0.05) is 43.7 Å². The van der Waals surface area contributed by atoms with Crippen molar-refractivity contribution in [3.63, 3.8) is 0 Å². The molecule has 1 heterocycles. The zero-order valence-electron chi connectivity index (χ0n) is 16.8. The molecule has 1 atom stereocenters. The third-order valence-corrected chi connectivity index (χ3v) is 4.93. The van der Waals surface area contributed by atoms with Crippen LogP contribution >= 0.6 is 0 Å². The van der Waals surface area contributed by atoms with Gasteiger partial charge in [0.25, 0.3) is 0 Å². The quantitative estimate of drug-likeness (QED) is 0.850. The zero-order chi connectivity index (χ0) is 19.3. The van der Waals surface area contributed by atoms with E-state index < -0.39 is 0 Å². The first-order valence-corrected chi connectivity index (χ1v) is 9.59. The van der Waals surface area contributed by atoms with Crippen molar-refractivity contribution in [1.29, 1.82) is 0 Å². The number of nitrogens with one attached hydrogen (secondary N) is 1. The number of aryl methyl sites for hydroxylation is 1. The van der Waals surface area contributed by atoms with E-state index in [9.17, 15) is 9.59 Å². The van der Waals surface area contributed by atoms with Crippen LogP contribution in [0.25, 0.3) is 0 Å². The van der Waals surface area contributed by atoms with Gasteiger partial charge in [0.15, 0.2) is 0 Å². The van der Waals surface area contributed by atoms with E-state index in [-0.39, 0.29) is 23.9 Å². The van der Waals surface area contributed by atoms with Gasteiger partial charge in [-0.15, -0.1) is 0 Å². The van der Waals surface area contributed by atoms with Crippen molar-refractivity contribution in [2.75, 3.05) is 27.2 Å². The molecule has 1 saturated heterocycles. The second-order valence-electron chi connectivity index (χ2n) is 8.04. The minimum atomic E-state index is -0.295. The number of piperidine rings is 1. The molecule has 1 aliphatic rings. The molecule has 0 aromatic heterocycles. The van der Waals surface area contributed by atoms with Crippen LogP contribution in [0.3, 0.4) is 0 Å². The molecule has 1 aromatic carbocycles. The molecule has 1 aromatic rings. The van der Waals surface area contributed by atoms with Crippen LogP contribution < -0.4 is 5.32 Å². The highest BCUT2D eigenvalue weighted by molar-refractivity contribution is 5.83. The van der Waals surface area contributed by atoms with E-state index in [2.05, 4.69) is 19.2 Å². The van der Waals surface area contributed by atoms with Gasteiger partial charge in [-0.25, -0.2) is 0 Å². The predicted molar refractivity (Wildman–Crippen MR) is 105 cm³/mol. The summed E-state index contributed by atoms with van der Waals surface area (Å²) in [5, 5.41) is 3.20. The Morgan fingerprint density at radius 2 is 1.73 bits per heavy atom. The monoisotopic (exact) mass is 359 g/mol. The number of carbonyl (C=O) groups excluding carboxylic acids is 2. The number of likely N-dealkylation sites (N-methyl/N-ethyl adjacent to an activating group) is 1.